The lowest BCUT2D eigenvalue weighted by molar-refractivity contribution is -0.152. The van der Waals surface area contributed by atoms with Crippen LogP contribution < -0.4 is 5.32 Å². The number of esters is 1. The number of aryl methyl sites for hydroxylation is 1. The summed E-state index contributed by atoms with van der Waals surface area (Å²) in [5.74, 6) is -2.56. The van der Waals surface area contributed by atoms with Crippen LogP contribution in [-0.2, 0) is 25.7 Å². The topological polar surface area (TPSA) is 92.7 Å². The number of aliphatic carboxylic acids is 1. The summed E-state index contributed by atoms with van der Waals surface area (Å²) in [4.78, 5) is 34.1. The third-order valence-corrected chi connectivity index (χ3v) is 3.75. The van der Waals surface area contributed by atoms with Gasteiger partial charge in [-0.2, -0.15) is 0 Å². The number of amides is 1. The number of carbonyl (C=O) groups excluding carboxylic acids is 2. The number of hydrogen-bond acceptors (Lipinski definition) is 4. The highest BCUT2D eigenvalue weighted by molar-refractivity contribution is 5.86. The Bertz CT molecular complexity index is 594. The van der Waals surface area contributed by atoms with E-state index < -0.39 is 17.9 Å². The standard InChI is InChI=1S/C19H25NO5/c1-3-17(21)20-11-5-4-6-16(19(23)24)12-18(22)25-13-15-9-7-14(2)8-10-15/h3,7-10,16H,1,4-6,11-13H2,2H3,(H,20,21)(H,23,24)/t16-/m1/s1. The molecule has 0 spiro atoms. The zero-order chi connectivity index (χ0) is 18.7. The number of benzene rings is 1. The second kappa shape index (κ2) is 11.0. The number of nitrogens with one attached hydrogen (secondary N) is 1. The summed E-state index contributed by atoms with van der Waals surface area (Å²) in [5.41, 5.74) is 1.98. The lowest BCUT2D eigenvalue weighted by Gasteiger charge is -2.12. The maximum atomic E-state index is 11.9. The van der Waals surface area contributed by atoms with Crippen LogP contribution in [0.3, 0.4) is 0 Å². The molecule has 0 saturated heterocycles. The van der Waals surface area contributed by atoms with Gasteiger partial charge < -0.3 is 15.2 Å². The fourth-order valence-electron chi connectivity index (χ4n) is 2.22. The Morgan fingerprint density at radius 2 is 1.92 bits per heavy atom. The molecule has 1 amide bonds. The lowest BCUT2D eigenvalue weighted by atomic mass is 9.98. The summed E-state index contributed by atoms with van der Waals surface area (Å²) in [5, 5.41) is 11.9. The molecule has 0 radical (unpaired) electrons. The van der Waals surface area contributed by atoms with E-state index in [0.717, 1.165) is 11.1 Å². The van der Waals surface area contributed by atoms with Gasteiger partial charge in [-0.1, -0.05) is 42.8 Å². The van der Waals surface area contributed by atoms with Gasteiger partial charge in [0.25, 0.3) is 0 Å². The molecule has 0 aliphatic rings. The van der Waals surface area contributed by atoms with E-state index in [1.807, 2.05) is 31.2 Å². The molecule has 0 saturated carbocycles. The fourth-order valence-corrected chi connectivity index (χ4v) is 2.22. The summed E-state index contributed by atoms with van der Waals surface area (Å²) in [6.07, 6.45) is 2.63. The van der Waals surface area contributed by atoms with E-state index in [4.69, 9.17) is 4.74 Å². The lowest BCUT2D eigenvalue weighted by Crippen LogP contribution is -2.23. The van der Waals surface area contributed by atoms with Crippen LogP contribution in [0.4, 0.5) is 0 Å². The smallest absolute Gasteiger partial charge is 0.307 e. The van der Waals surface area contributed by atoms with Crippen LogP contribution in [0.5, 0.6) is 0 Å². The molecule has 2 N–H and O–H groups in total. The Balaban J connectivity index is 2.31. The SMILES string of the molecule is C=CC(=O)NCCCC[C@H](CC(=O)OCc1ccc(C)cc1)C(=O)O. The van der Waals surface area contributed by atoms with Crippen LogP contribution in [-0.4, -0.2) is 29.5 Å². The van der Waals surface area contributed by atoms with Crippen LogP contribution >= 0.6 is 0 Å². The monoisotopic (exact) mass is 347 g/mol. The molecule has 1 atom stereocenters. The molecule has 0 aromatic heterocycles. The number of carboxylic acids is 1. The molecule has 0 fully saturated rings. The molecule has 1 aromatic carbocycles. The first-order valence-electron chi connectivity index (χ1n) is 8.26. The minimum Gasteiger partial charge on any atom is -0.481 e. The van der Waals surface area contributed by atoms with Crippen molar-refractivity contribution in [3.05, 3.63) is 48.0 Å². The van der Waals surface area contributed by atoms with Crippen molar-refractivity contribution in [3.63, 3.8) is 0 Å². The van der Waals surface area contributed by atoms with Crippen LogP contribution in [0.1, 0.15) is 36.8 Å². The van der Waals surface area contributed by atoms with Crippen molar-refractivity contribution < 1.29 is 24.2 Å². The second-order valence-corrected chi connectivity index (χ2v) is 5.88. The highest BCUT2D eigenvalue weighted by Gasteiger charge is 2.21. The van der Waals surface area contributed by atoms with Crippen molar-refractivity contribution in [1.29, 1.82) is 0 Å². The van der Waals surface area contributed by atoms with Crippen molar-refractivity contribution in [1.82, 2.24) is 5.32 Å². The average molecular weight is 347 g/mol. The van der Waals surface area contributed by atoms with E-state index in [-0.39, 0.29) is 18.9 Å². The number of ether oxygens (including phenoxy) is 1. The molecule has 1 rings (SSSR count). The van der Waals surface area contributed by atoms with Crippen LogP contribution in [0, 0.1) is 12.8 Å². The van der Waals surface area contributed by atoms with Gasteiger partial charge in [0.2, 0.25) is 5.91 Å². The number of rotatable bonds is 11. The van der Waals surface area contributed by atoms with Crippen molar-refractivity contribution >= 4 is 17.8 Å². The molecule has 6 nitrogen and oxygen atoms in total. The zero-order valence-electron chi connectivity index (χ0n) is 14.5. The number of unbranched alkanes of at least 4 members (excludes halogenated alkanes) is 1. The largest absolute Gasteiger partial charge is 0.481 e. The van der Waals surface area contributed by atoms with Crippen molar-refractivity contribution in [2.24, 2.45) is 5.92 Å². The van der Waals surface area contributed by atoms with Crippen LogP contribution in [0.2, 0.25) is 0 Å². The van der Waals surface area contributed by atoms with E-state index in [0.29, 0.717) is 25.8 Å². The first kappa shape index (κ1) is 20.4. The first-order chi connectivity index (χ1) is 11.9. The van der Waals surface area contributed by atoms with Gasteiger partial charge in [-0.05, 0) is 31.4 Å². The van der Waals surface area contributed by atoms with E-state index in [1.54, 1.807) is 0 Å². The summed E-state index contributed by atoms with van der Waals surface area (Å²) >= 11 is 0. The molecule has 0 heterocycles. The predicted molar refractivity (Wildman–Crippen MR) is 93.8 cm³/mol. The minimum absolute atomic E-state index is 0.138. The molecule has 0 aliphatic carbocycles. The number of carbonyl (C=O) groups is 3. The Morgan fingerprint density at radius 3 is 2.52 bits per heavy atom. The van der Waals surface area contributed by atoms with E-state index in [1.165, 1.54) is 6.08 Å². The molecule has 25 heavy (non-hydrogen) atoms. The second-order valence-electron chi connectivity index (χ2n) is 5.88. The Kier molecular flexibility index (Phi) is 9.00. The molecule has 1 aromatic rings. The normalized spacial score (nSPS) is 11.4. The van der Waals surface area contributed by atoms with Gasteiger partial charge in [0.1, 0.15) is 6.61 Å². The molecule has 0 unspecified atom stereocenters. The van der Waals surface area contributed by atoms with Crippen molar-refractivity contribution in [2.45, 2.75) is 39.2 Å². The molecule has 0 aliphatic heterocycles. The third kappa shape index (κ3) is 8.69. The number of hydrogen-bond donors (Lipinski definition) is 2. The van der Waals surface area contributed by atoms with Gasteiger partial charge in [0.15, 0.2) is 0 Å². The van der Waals surface area contributed by atoms with Crippen molar-refractivity contribution in [3.8, 4) is 0 Å². The minimum atomic E-state index is -1.01. The maximum Gasteiger partial charge on any atom is 0.307 e. The summed E-state index contributed by atoms with van der Waals surface area (Å²) in [7, 11) is 0. The van der Waals surface area contributed by atoms with Gasteiger partial charge in [-0.15, -0.1) is 0 Å². The van der Waals surface area contributed by atoms with E-state index in [9.17, 15) is 19.5 Å². The summed E-state index contributed by atoms with van der Waals surface area (Å²) in [6.45, 7) is 5.91. The maximum absolute atomic E-state index is 11.9. The van der Waals surface area contributed by atoms with Gasteiger partial charge in [-0.3, -0.25) is 14.4 Å². The van der Waals surface area contributed by atoms with E-state index in [2.05, 4.69) is 11.9 Å². The average Bonchev–Trinajstić information content (AvgIpc) is 2.59. The van der Waals surface area contributed by atoms with Gasteiger partial charge in [0.05, 0.1) is 12.3 Å². The highest BCUT2D eigenvalue weighted by atomic mass is 16.5. The Hall–Kier alpha value is -2.63. The highest BCUT2D eigenvalue weighted by Crippen LogP contribution is 2.15. The van der Waals surface area contributed by atoms with Crippen LogP contribution in [0.25, 0.3) is 0 Å². The van der Waals surface area contributed by atoms with Crippen molar-refractivity contribution in [2.75, 3.05) is 6.54 Å². The Labute approximate surface area is 147 Å². The Morgan fingerprint density at radius 1 is 1.24 bits per heavy atom. The third-order valence-electron chi connectivity index (χ3n) is 3.75. The molecular weight excluding hydrogens is 322 g/mol. The fraction of sp³-hybridized carbons (Fsp3) is 0.421. The predicted octanol–water partition coefficient (Wildman–Crippen LogP) is 2.60. The van der Waals surface area contributed by atoms with Gasteiger partial charge in [0, 0.05) is 6.54 Å². The molecular formula is C19H25NO5. The van der Waals surface area contributed by atoms with Gasteiger partial charge >= 0.3 is 11.9 Å². The quantitative estimate of drug-likeness (QED) is 0.365. The molecule has 0 bridgehead atoms. The number of carboxylic acid groups (broad SMARTS) is 1. The molecule has 6 heteroatoms. The first-order valence-corrected chi connectivity index (χ1v) is 8.26. The summed E-state index contributed by atoms with van der Waals surface area (Å²) in [6, 6.07) is 7.59. The zero-order valence-corrected chi connectivity index (χ0v) is 14.5. The summed E-state index contributed by atoms with van der Waals surface area (Å²) < 4.78 is 5.15. The molecule has 136 valence electrons. The van der Waals surface area contributed by atoms with E-state index >= 15 is 0 Å². The van der Waals surface area contributed by atoms with Crippen LogP contribution in [0.15, 0.2) is 36.9 Å². The van der Waals surface area contributed by atoms with Gasteiger partial charge in [-0.25, -0.2) is 0 Å².